The summed E-state index contributed by atoms with van der Waals surface area (Å²) in [6, 6.07) is 3.61. The highest BCUT2D eigenvalue weighted by molar-refractivity contribution is 5.93. The average Bonchev–Trinajstić information content (AvgIpc) is 2.64. The second-order valence-corrected chi connectivity index (χ2v) is 4.00. The molecule has 0 saturated heterocycles. The number of unbranched alkanes of at least 4 members (excludes halogenated alkanes) is 4. The molecule has 0 radical (unpaired) electrons. The molecule has 84 valence electrons. The summed E-state index contributed by atoms with van der Waals surface area (Å²) in [4.78, 5) is 11.6. The third-order valence-corrected chi connectivity index (χ3v) is 2.52. The number of Topliss-reactive ketones (excluding diaryl/α,β-unsaturated/α-hetero) is 1. The first-order chi connectivity index (χ1) is 7.24. The van der Waals surface area contributed by atoms with Gasteiger partial charge in [-0.15, -0.1) is 0 Å². The molecule has 1 aromatic rings. The molecule has 0 saturated carbocycles. The van der Waals surface area contributed by atoms with Crippen LogP contribution in [0.1, 0.15) is 61.8 Å². The van der Waals surface area contributed by atoms with Crippen LogP contribution in [0.4, 0.5) is 0 Å². The molecule has 0 aromatic carbocycles. The molecular formula is C13H20O2. The lowest BCUT2D eigenvalue weighted by atomic mass is 10.1. The van der Waals surface area contributed by atoms with Crippen LogP contribution in [0.2, 0.25) is 0 Å². The Morgan fingerprint density at radius 3 is 2.53 bits per heavy atom. The number of hydrogen-bond acceptors (Lipinski definition) is 2. The standard InChI is InChI=1S/C13H20O2/c1-3-4-5-6-7-8-12(14)13-10-9-11(2)15-13/h9-10H,3-8H2,1-2H3. The van der Waals surface area contributed by atoms with Crippen molar-refractivity contribution in [3.05, 3.63) is 23.7 Å². The van der Waals surface area contributed by atoms with E-state index in [0.717, 1.165) is 18.6 Å². The summed E-state index contributed by atoms with van der Waals surface area (Å²) in [5, 5.41) is 0. The summed E-state index contributed by atoms with van der Waals surface area (Å²) in [6.45, 7) is 4.05. The zero-order valence-electron chi connectivity index (χ0n) is 9.71. The third-order valence-electron chi connectivity index (χ3n) is 2.52. The highest BCUT2D eigenvalue weighted by atomic mass is 16.3. The van der Waals surface area contributed by atoms with Gasteiger partial charge in [0.05, 0.1) is 0 Å². The summed E-state index contributed by atoms with van der Waals surface area (Å²) in [5.74, 6) is 1.46. The Kier molecular flexibility index (Phi) is 5.16. The fourth-order valence-corrected chi connectivity index (χ4v) is 1.60. The zero-order chi connectivity index (χ0) is 11.1. The van der Waals surface area contributed by atoms with E-state index in [2.05, 4.69) is 6.92 Å². The molecule has 15 heavy (non-hydrogen) atoms. The van der Waals surface area contributed by atoms with E-state index in [1.54, 1.807) is 6.07 Å². The molecule has 0 spiro atoms. The van der Waals surface area contributed by atoms with Crippen molar-refractivity contribution in [2.24, 2.45) is 0 Å². The van der Waals surface area contributed by atoms with Gasteiger partial charge < -0.3 is 4.42 Å². The number of aryl methyl sites for hydroxylation is 1. The van der Waals surface area contributed by atoms with Crippen LogP contribution in [0, 0.1) is 6.92 Å². The third kappa shape index (κ3) is 4.32. The van der Waals surface area contributed by atoms with Gasteiger partial charge in [0.2, 0.25) is 0 Å². The first-order valence-corrected chi connectivity index (χ1v) is 5.83. The van der Waals surface area contributed by atoms with Crippen molar-refractivity contribution in [1.82, 2.24) is 0 Å². The van der Waals surface area contributed by atoms with Crippen molar-refractivity contribution in [2.45, 2.75) is 52.4 Å². The lowest BCUT2D eigenvalue weighted by Gasteiger charge is -1.98. The predicted molar refractivity (Wildman–Crippen MR) is 61.2 cm³/mol. The fourth-order valence-electron chi connectivity index (χ4n) is 1.60. The topological polar surface area (TPSA) is 30.2 Å². The van der Waals surface area contributed by atoms with Gasteiger partial charge in [0, 0.05) is 6.42 Å². The Morgan fingerprint density at radius 1 is 1.20 bits per heavy atom. The predicted octanol–water partition coefficient (Wildman–Crippen LogP) is 4.13. The first kappa shape index (κ1) is 12.0. The molecule has 0 N–H and O–H groups in total. The summed E-state index contributed by atoms with van der Waals surface area (Å²) in [5.41, 5.74) is 0. The van der Waals surface area contributed by atoms with E-state index in [9.17, 15) is 4.79 Å². The van der Waals surface area contributed by atoms with E-state index in [1.807, 2.05) is 13.0 Å². The molecule has 0 amide bonds. The largest absolute Gasteiger partial charge is 0.458 e. The van der Waals surface area contributed by atoms with Crippen molar-refractivity contribution in [2.75, 3.05) is 0 Å². The molecule has 0 fully saturated rings. The second-order valence-electron chi connectivity index (χ2n) is 4.00. The SMILES string of the molecule is CCCCCCCC(=O)c1ccc(C)o1. The quantitative estimate of drug-likeness (QED) is 0.498. The molecule has 0 aliphatic carbocycles. The van der Waals surface area contributed by atoms with Crippen molar-refractivity contribution in [3.63, 3.8) is 0 Å². The van der Waals surface area contributed by atoms with E-state index in [4.69, 9.17) is 4.42 Å². The van der Waals surface area contributed by atoms with Crippen LogP contribution in [-0.2, 0) is 0 Å². The minimum atomic E-state index is 0.139. The molecule has 0 aliphatic rings. The normalized spacial score (nSPS) is 10.5. The lowest BCUT2D eigenvalue weighted by molar-refractivity contribution is 0.0951. The lowest BCUT2D eigenvalue weighted by Crippen LogP contribution is -1.96. The van der Waals surface area contributed by atoms with Crippen LogP contribution in [0.5, 0.6) is 0 Å². The maximum Gasteiger partial charge on any atom is 0.197 e. The number of furan rings is 1. The summed E-state index contributed by atoms with van der Waals surface area (Å²) in [7, 11) is 0. The Balaban J connectivity index is 2.19. The van der Waals surface area contributed by atoms with E-state index in [0.29, 0.717) is 12.2 Å². The van der Waals surface area contributed by atoms with Crippen LogP contribution in [0.3, 0.4) is 0 Å². The van der Waals surface area contributed by atoms with Crippen LogP contribution in [0.25, 0.3) is 0 Å². The Morgan fingerprint density at radius 2 is 1.93 bits per heavy atom. The number of ketones is 1. The van der Waals surface area contributed by atoms with E-state index in [1.165, 1.54) is 19.3 Å². The molecule has 1 rings (SSSR count). The van der Waals surface area contributed by atoms with Gasteiger partial charge in [-0.1, -0.05) is 32.6 Å². The minimum absolute atomic E-state index is 0.139. The molecule has 0 aliphatic heterocycles. The minimum Gasteiger partial charge on any atom is -0.458 e. The van der Waals surface area contributed by atoms with Gasteiger partial charge in [-0.05, 0) is 25.5 Å². The summed E-state index contributed by atoms with van der Waals surface area (Å²) >= 11 is 0. The zero-order valence-corrected chi connectivity index (χ0v) is 9.71. The van der Waals surface area contributed by atoms with Crippen molar-refractivity contribution >= 4 is 5.78 Å². The Labute approximate surface area is 91.7 Å². The monoisotopic (exact) mass is 208 g/mol. The highest BCUT2D eigenvalue weighted by Crippen LogP contribution is 2.12. The van der Waals surface area contributed by atoms with Crippen LogP contribution in [0.15, 0.2) is 16.5 Å². The maximum absolute atomic E-state index is 11.6. The smallest absolute Gasteiger partial charge is 0.197 e. The molecule has 1 heterocycles. The summed E-state index contributed by atoms with van der Waals surface area (Å²) < 4.78 is 5.27. The second kappa shape index (κ2) is 6.44. The van der Waals surface area contributed by atoms with Crippen LogP contribution in [-0.4, -0.2) is 5.78 Å². The molecule has 2 heteroatoms. The van der Waals surface area contributed by atoms with Gasteiger partial charge in [0.25, 0.3) is 0 Å². The molecule has 0 bridgehead atoms. The molecular weight excluding hydrogens is 188 g/mol. The van der Waals surface area contributed by atoms with Gasteiger partial charge in [-0.3, -0.25) is 4.79 Å². The number of carbonyl (C=O) groups excluding carboxylic acids is 1. The van der Waals surface area contributed by atoms with Crippen molar-refractivity contribution in [1.29, 1.82) is 0 Å². The van der Waals surface area contributed by atoms with Gasteiger partial charge >= 0.3 is 0 Å². The number of rotatable bonds is 7. The van der Waals surface area contributed by atoms with E-state index in [-0.39, 0.29) is 5.78 Å². The Hall–Kier alpha value is -1.05. The first-order valence-electron chi connectivity index (χ1n) is 5.83. The molecule has 0 unspecified atom stereocenters. The van der Waals surface area contributed by atoms with Crippen LogP contribution >= 0.6 is 0 Å². The van der Waals surface area contributed by atoms with Gasteiger partial charge in [0.1, 0.15) is 5.76 Å². The maximum atomic E-state index is 11.6. The van der Waals surface area contributed by atoms with Gasteiger partial charge in [0.15, 0.2) is 11.5 Å². The van der Waals surface area contributed by atoms with Gasteiger partial charge in [-0.25, -0.2) is 0 Å². The van der Waals surface area contributed by atoms with Crippen molar-refractivity contribution in [3.8, 4) is 0 Å². The van der Waals surface area contributed by atoms with Crippen LogP contribution < -0.4 is 0 Å². The molecule has 1 aromatic heterocycles. The van der Waals surface area contributed by atoms with E-state index < -0.39 is 0 Å². The summed E-state index contributed by atoms with van der Waals surface area (Å²) in [6.07, 6.45) is 6.51. The molecule has 2 nitrogen and oxygen atoms in total. The molecule has 0 atom stereocenters. The number of carbonyl (C=O) groups is 1. The van der Waals surface area contributed by atoms with Gasteiger partial charge in [-0.2, -0.15) is 0 Å². The van der Waals surface area contributed by atoms with E-state index >= 15 is 0 Å². The van der Waals surface area contributed by atoms with Crippen molar-refractivity contribution < 1.29 is 9.21 Å². The fraction of sp³-hybridized carbons (Fsp3) is 0.615. The Bertz CT molecular complexity index is 299. The number of hydrogen-bond donors (Lipinski definition) is 0. The highest BCUT2D eigenvalue weighted by Gasteiger charge is 2.08. The average molecular weight is 208 g/mol.